The number of halogens is 1. The largest absolute Gasteiger partial charge is 0.493 e. The van der Waals surface area contributed by atoms with E-state index in [1.165, 1.54) is 17.1 Å². The van der Waals surface area contributed by atoms with Gasteiger partial charge in [0.05, 0.1) is 29.6 Å². The van der Waals surface area contributed by atoms with Gasteiger partial charge in [-0.25, -0.2) is 4.79 Å². The Labute approximate surface area is 205 Å². The van der Waals surface area contributed by atoms with E-state index in [1.54, 1.807) is 44.4 Å². The fourth-order valence-corrected chi connectivity index (χ4v) is 3.86. The molecule has 0 unspecified atom stereocenters. The van der Waals surface area contributed by atoms with E-state index in [0.29, 0.717) is 28.5 Å². The molecule has 7 nitrogen and oxygen atoms in total. The van der Waals surface area contributed by atoms with E-state index in [4.69, 9.17) is 14.6 Å². The predicted molar refractivity (Wildman–Crippen MR) is 133 cm³/mol. The molecule has 3 aromatic rings. The van der Waals surface area contributed by atoms with Gasteiger partial charge in [-0.1, -0.05) is 46.3 Å². The molecule has 34 heavy (non-hydrogen) atoms. The molecule has 0 bridgehead atoms. The highest BCUT2D eigenvalue weighted by molar-refractivity contribution is 9.10. The molecule has 8 heteroatoms. The Hall–Kier alpha value is -3.91. The number of para-hydroxylation sites is 1. The lowest BCUT2D eigenvalue weighted by Crippen LogP contribution is -2.21. The van der Waals surface area contributed by atoms with E-state index in [-0.39, 0.29) is 18.1 Å². The van der Waals surface area contributed by atoms with Gasteiger partial charge in [0.15, 0.2) is 11.5 Å². The molecule has 1 amide bonds. The summed E-state index contributed by atoms with van der Waals surface area (Å²) in [5.74, 6) is -0.180. The molecule has 1 aliphatic heterocycles. The molecule has 4 rings (SSSR count). The summed E-state index contributed by atoms with van der Waals surface area (Å²) in [6.45, 7) is 2.03. The number of carbonyl (C=O) groups is 2. The van der Waals surface area contributed by atoms with Crippen LogP contribution in [0.15, 0.2) is 81.9 Å². The average Bonchev–Trinajstić information content (AvgIpc) is 3.13. The Balaban J connectivity index is 1.56. The first-order chi connectivity index (χ1) is 16.4. The molecule has 0 fully saturated rings. The van der Waals surface area contributed by atoms with Gasteiger partial charge in [0.25, 0.3) is 5.91 Å². The summed E-state index contributed by atoms with van der Waals surface area (Å²) in [5.41, 5.74) is 3.57. The summed E-state index contributed by atoms with van der Waals surface area (Å²) < 4.78 is 12.1. The van der Waals surface area contributed by atoms with Crippen LogP contribution in [0.1, 0.15) is 28.4 Å². The lowest BCUT2D eigenvalue weighted by Gasteiger charge is -2.14. The van der Waals surface area contributed by atoms with Gasteiger partial charge in [-0.3, -0.25) is 4.79 Å². The molecule has 172 valence electrons. The number of carbonyl (C=O) groups excluding carboxylic acids is 1. The Morgan fingerprint density at radius 1 is 1.09 bits per heavy atom. The SMILES string of the molecule is COc1cc(/C=C2/C(=O)N(c3ccccc3)N=C2C)c(Br)cc1OCc1ccc(C(=O)O)cc1. The van der Waals surface area contributed by atoms with Crippen molar-refractivity contribution in [2.75, 3.05) is 12.1 Å². The first-order valence-electron chi connectivity index (χ1n) is 10.4. The van der Waals surface area contributed by atoms with Crippen molar-refractivity contribution in [1.29, 1.82) is 0 Å². The fraction of sp³-hybridized carbons (Fsp3) is 0.115. The molecule has 0 aromatic heterocycles. The van der Waals surface area contributed by atoms with Crippen LogP contribution in [0.3, 0.4) is 0 Å². The number of hydrogen-bond acceptors (Lipinski definition) is 5. The topological polar surface area (TPSA) is 88.4 Å². The number of methoxy groups -OCH3 is 1. The molecule has 0 radical (unpaired) electrons. The van der Waals surface area contributed by atoms with E-state index in [1.807, 2.05) is 30.3 Å². The van der Waals surface area contributed by atoms with Gasteiger partial charge in [-0.05, 0) is 60.5 Å². The molecule has 1 heterocycles. The molecule has 3 aromatic carbocycles. The van der Waals surface area contributed by atoms with E-state index in [0.717, 1.165) is 15.6 Å². The third-order valence-corrected chi connectivity index (χ3v) is 5.93. The number of hydrogen-bond donors (Lipinski definition) is 1. The number of benzene rings is 3. The van der Waals surface area contributed by atoms with Crippen molar-refractivity contribution < 1.29 is 24.2 Å². The highest BCUT2D eigenvalue weighted by atomic mass is 79.9. The van der Waals surface area contributed by atoms with Crippen LogP contribution in [0, 0.1) is 0 Å². The number of ether oxygens (including phenoxy) is 2. The Bertz CT molecular complexity index is 1300. The van der Waals surface area contributed by atoms with Crippen LogP contribution in [0.25, 0.3) is 6.08 Å². The van der Waals surface area contributed by atoms with Crippen LogP contribution in [0.4, 0.5) is 5.69 Å². The monoisotopic (exact) mass is 520 g/mol. The number of anilines is 1. The van der Waals surface area contributed by atoms with Crippen molar-refractivity contribution in [3.05, 3.63) is 93.5 Å². The predicted octanol–water partition coefficient (Wildman–Crippen LogP) is 5.54. The first kappa shape index (κ1) is 23.3. The third-order valence-electron chi connectivity index (χ3n) is 5.24. The van der Waals surface area contributed by atoms with Gasteiger partial charge < -0.3 is 14.6 Å². The summed E-state index contributed by atoms with van der Waals surface area (Å²) in [7, 11) is 1.54. The van der Waals surface area contributed by atoms with E-state index >= 15 is 0 Å². The van der Waals surface area contributed by atoms with E-state index < -0.39 is 5.97 Å². The van der Waals surface area contributed by atoms with Gasteiger partial charge in [0.1, 0.15) is 6.61 Å². The minimum atomic E-state index is -0.976. The zero-order valence-corrected chi connectivity index (χ0v) is 20.1. The number of amides is 1. The van der Waals surface area contributed by atoms with Crippen LogP contribution in [0.5, 0.6) is 11.5 Å². The Morgan fingerprint density at radius 2 is 1.79 bits per heavy atom. The molecule has 0 atom stereocenters. The van der Waals surface area contributed by atoms with Crippen LogP contribution >= 0.6 is 15.9 Å². The maximum absolute atomic E-state index is 13.0. The second kappa shape index (κ2) is 9.93. The zero-order valence-electron chi connectivity index (χ0n) is 18.5. The van der Waals surface area contributed by atoms with E-state index in [9.17, 15) is 9.59 Å². The summed E-state index contributed by atoms with van der Waals surface area (Å²) >= 11 is 3.56. The zero-order chi connectivity index (χ0) is 24.2. The number of carboxylic acid groups (broad SMARTS) is 1. The molecule has 0 saturated carbocycles. The normalized spacial score (nSPS) is 14.3. The minimum Gasteiger partial charge on any atom is -0.493 e. The molecule has 0 saturated heterocycles. The van der Waals surface area contributed by atoms with Crippen molar-refractivity contribution >= 4 is 45.3 Å². The molecule has 0 spiro atoms. The first-order valence-corrected chi connectivity index (χ1v) is 11.2. The van der Waals surface area contributed by atoms with Crippen LogP contribution in [0.2, 0.25) is 0 Å². The van der Waals surface area contributed by atoms with Crippen molar-refractivity contribution in [2.24, 2.45) is 5.10 Å². The van der Waals surface area contributed by atoms with Gasteiger partial charge in [-0.15, -0.1) is 0 Å². The maximum Gasteiger partial charge on any atom is 0.335 e. The Morgan fingerprint density at radius 3 is 2.44 bits per heavy atom. The number of hydrazone groups is 1. The molecular weight excluding hydrogens is 500 g/mol. The minimum absolute atomic E-state index is 0.209. The van der Waals surface area contributed by atoms with Crippen LogP contribution in [-0.4, -0.2) is 29.8 Å². The van der Waals surface area contributed by atoms with Crippen LogP contribution in [-0.2, 0) is 11.4 Å². The molecule has 0 aliphatic carbocycles. The van der Waals surface area contributed by atoms with Crippen molar-refractivity contribution in [3.8, 4) is 11.5 Å². The standard InChI is InChI=1S/C26H21BrN2O5/c1-16-21(25(30)29(28-16)20-6-4-3-5-7-20)12-19-13-23(33-2)24(14-22(19)27)34-15-17-8-10-18(11-9-17)26(31)32/h3-14H,15H2,1-2H3,(H,31,32)/b21-12+. The highest BCUT2D eigenvalue weighted by Gasteiger charge is 2.29. The number of nitrogens with zero attached hydrogens (tertiary/aromatic N) is 2. The molecular formula is C26H21BrN2O5. The van der Waals surface area contributed by atoms with E-state index in [2.05, 4.69) is 21.0 Å². The summed E-state index contributed by atoms with van der Waals surface area (Å²) in [6, 6.07) is 19.3. The second-order valence-electron chi connectivity index (χ2n) is 7.51. The van der Waals surface area contributed by atoms with Crippen molar-refractivity contribution in [3.63, 3.8) is 0 Å². The summed E-state index contributed by atoms with van der Waals surface area (Å²) in [6.07, 6.45) is 1.77. The highest BCUT2D eigenvalue weighted by Crippen LogP contribution is 2.36. The molecule has 1 aliphatic rings. The quantitative estimate of drug-likeness (QED) is 0.413. The van der Waals surface area contributed by atoms with Crippen molar-refractivity contribution in [1.82, 2.24) is 0 Å². The lowest BCUT2D eigenvalue weighted by atomic mass is 10.1. The smallest absolute Gasteiger partial charge is 0.335 e. The third kappa shape index (κ3) is 4.87. The van der Waals surface area contributed by atoms with Crippen LogP contribution < -0.4 is 14.5 Å². The van der Waals surface area contributed by atoms with Gasteiger partial charge in [-0.2, -0.15) is 10.1 Å². The fourth-order valence-electron chi connectivity index (χ4n) is 3.42. The van der Waals surface area contributed by atoms with Gasteiger partial charge >= 0.3 is 5.97 Å². The van der Waals surface area contributed by atoms with Crippen molar-refractivity contribution in [2.45, 2.75) is 13.5 Å². The maximum atomic E-state index is 13.0. The summed E-state index contributed by atoms with van der Waals surface area (Å²) in [4.78, 5) is 24.0. The summed E-state index contributed by atoms with van der Waals surface area (Å²) in [5, 5.41) is 14.8. The number of rotatable bonds is 7. The number of aromatic carboxylic acids is 1. The number of carboxylic acids is 1. The van der Waals surface area contributed by atoms with Gasteiger partial charge in [0, 0.05) is 4.47 Å². The molecule has 1 N–H and O–H groups in total. The Kier molecular flexibility index (Phi) is 6.79. The average molecular weight is 521 g/mol. The second-order valence-corrected chi connectivity index (χ2v) is 8.37. The van der Waals surface area contributed by atoms with Gasteiger partial charge in [0.2, 0.25) is 0 Å². The lowest BCUT2D eigenvalue weighted by molar-refractivity contribution is -0.114.